The monoisotopic (exact) mass is 340 g/mol. The number of hydrogen-bond acceptors (Lipinski definition) is 5. The van der Waals surface area contributed by atoms with Gasteiger partial charge in [-0.2, -0.15) is 5.10 Å². The molecule has 0 aliphatic rings. The Hall–Kier alpha value is -2.47. The third-order valence-electron chi connectivity index (χ3n) is 3.93. The molecule has 3 rings (SSSR count). The van der Waals surface area contributed by atoms with Gasteiger partial charge in [0.1, 0.15) is 0 Å². The van der Waals surface area contributed by atoms with Gasteiger partial charge in [0.25, 0.3) is 5.56 Å². The van der Waals surface area contributed by atoms with Gasteiger partial charge in [-0.15, -0.1) is 11.3 Å². The summed E-state index contributed by atoms with van der Waals surface area (Å²) in [4.78, 5) is 19.6. The van der Waals surface area contributed by atoms with Crippen LogP contribution < -0.4 is 11.0 Å². The summed E-state index contributed by atoms with van der Waals surface area (Å²) in [6.07, 6.45) is 0. The predicted octanol–water partition coefficient (Wildman–Crippen LogP) is 3.93. The highest BCUT2D eigenvalue weighted by Gasteiger charge is 2.10. The molecule has 0 amide bonds. The second-order valence-electron chi connectivity index (χ2n) is 5.64. The molecule has 0 fully saturated rings. The van der Waals surface area contributed by atoms with Crippen LogP contribution in [0, 0.1) is 13.8 Å². The molecule has 124 valence electrons. The number of aryl methyl sites for hydroxylation is 2. The van der Waals surface area contributed by atoms with Crippen molar-refractivity contribution in [3.05, 3.63) is 56.0 Å². The SMILES string of the molecule is CCn1c(N/N=C(/C)c2cc(C)sc2C)nc2ccccc2c1=O. The summed E-state index contributed by atoms with van der Waals surface area (Å²) in [5.74, 6) is 0.463. The van der Waals surface area contributed by atoms with Crippen molar-refractivity contribution in [1.29, 1.82) is 0 Å². The van der Waals surface area contributed by atoms with E-state index in [0.29, 0.717) is 23.4 Å². The zero-order chi connectivity index (χ0) is 17.3. The second kappa shape index (κ2) is 6.57. The van der Waals surface area contributed by atoms with E-state index in [1.807, 2.05) is 32.0 Å². The number of thiophene rings is 1. The van der Waals surface area contributed by atoms with Gasteiger partial charge in [-0.05, 0) is 45.9 Å². The Labute approximate surface area is 144 Å². The number of aromatic nitrogens is 2. The largest absolute Gasteiger partial charge is 0.277 e. The summed E-state index contributed by atoms with van der Waals surface area (Å²) in [6.45, 7) is 8.58. The van der Waals surface area contributed by atoms with Gasteiger partial charge in [0, 0.05) is 21.9 Å². The highest BCUT2D eigenvalue weighted by Crippen LogP contribution is 2.21. The Kier molecular flexibility index (Phi) is 4.49. The molecule has 0 aliphatic heterocycles. The minimum atomic E-state index is -0.0546. The fraction of sp³-hybridized carbons (Fsp3) is 0.278. The Balaban J connectivity index is 2.02. The maximum absolute atomic E-state index is 12.6. The van der Waals surface area contributed by atoms with Gasteiger partial charge >= 0.3 is 0 Å². The van der Waals surface area contributed by atoms with Gasteiger partial charge in [-0.1, -0.05) is 12.1 Å². The fourth-order valence-electron chi connectivity index (χ4n) is 2.73. The van der Waals surface area contributed by atoms with Crippen LogP contribution in [0.3, 0.4) is 0 Å². The number of rotatable bonds is 4. The van der Waals surface area contributed by atoms with Gasteiger partial charge in [0.15, 0.2) is 0 Å². The van der Waals surface area contributed by atoms with E-state index in [0.717, 1.165) is 11.3 Å². The van der Waals surface area contributed by atoms with E-state index in [4.69, 9.17) is 0 Å². The Morgan fingerprint density at radius 3 is 2.75 bits per heavy atom. The van der Waals surface area contributed by atoms with Crippen molar-refractivity contribution in [2.75, 3.05) is 5.43 Å². The van der Waals surface area contributed by atoms with E-state index in [9.17, 15) is 4.79 Å². The molecular formula is C18H20N4OS. The smallest absolute Gasteiger partial charge is 0.262 e. The summed E-state index contributed by atoms with van der Waals surface area (Å²) in [5, 5.41) is 5.07. The maximum atomic E-state index is 12.6. The quantitative estimate of drug-likeness (QED) is 0.578. The van der Waals surface area contributed by atoms with Crippen LogP contribution >= 0.6 is 11.3 Å². The normalized spacial score (nSPS) is 11.9. The molecule has 0 bridgehead atoms. The van der Waals surface area contributed by atoms with Crippen LogP contribution in [0.25, 0.3) is 10.9 Å². The standard InChI is InChI=1S/C18H20N4OS/c1-5-22-17(23)14-8-6-7-9-16(14)19-18(22)21-20-12(3)15-10-11(2)24-13(15)4/h6-10H,5H2,1-4H3,(H,19,21)/b20-12-. The third kappa shape index (κ3) is 2.97. The van der Waals surface area contributed by atoms with E-state index in [1.165, 1.54) is 9.75 Å². The number of benzene rings is 1. The van der Waals surface area contributed by atoms with Gasteiger partial charge in [0.05, 0.1) is 16.6 Å². The van der Waals surface area contributed by atoms with E-state index < -0.39 is 0 Å². The number of nitrogens with one attached hydrogen (secondary N) is 1. The molecule has 3 aromatic rings. The van der Waals surface area contributed by atoms with E-state index in [2.05, 4.69) is 35.4 Å². The molecule has 1 aromatic carbocycles. The van der Waals surface area contributed by atoms with Crippen molar-refractivity contribution >= 4 is 33.9 Å². The maximum Gasteiger partial charge on any atom is 0.262 e. The molecule has 6 heteroatoms. The first-order chi connectivity index (χ1) is 11.5. The average molecular weight is 340 g/mol. The topological polar surface area (TPSA) is 59.3 Å². The number of anilines is 1. The minimum Gasteiger partial charge on any atom is -0.277 e. The van der Waals surface area contributed by atoms with Crippen LogP contribution in [0.15, 0.2) is 40.2 Å². The zero-order valence-electron chi connectivity index (χ0n) is 14.3. The molecule has 0 atom stereocenters. The molecule has 0 saturated heterocycles. The van der Waals surface area contributed by atoms with Gasteiger partial charge in [0.2, 0.25) is 5.95 Å². The number of fused-ring (bicyclic) bond motifs is 1. The summed E-state index contributed by atoms with van der Waals surface area (Å²) in [5.41, 5.74) is 5.59. The molecule has 0 unspecified atom stereocenters. The summed E-state index contributed by atoms with van der Waals surface area (Å²) in [6, 6.07) is 9.49. The van der Waals surface area contributed by atoms with Gasteiger partial charge < -0.3 is 0 Å². The Morgan fingerprint density at radius 2 is 2.08 bits per heavy atom. The fourth-order valence-corrected chi connectivity index (χ4v) is 3.71. The van der Waals surface area contributed by atoms with Crippen LogP contribution in [0.2, 0.25) is 0 Å². The van der Waals surface area contributed by atoms with Crippen molar-refractivity contribution in [3.63, 3.8) is 0 Å². The lowest BCUT2D eigenvalue weighted by atomic mass is 10.2. The van der Waals surface area contributed by atoms with Crippen LogP contribution in [-0.2, 0) is 6.54 Å². The average Bonchev–Trinajstić information content (AvgIpc) is 2.91. The third-order valence-corrected chi connectivity index (χ3v) is 4.90. The number of hydrogen-bond donors (Lipinski definition) is 1. The van der Waals surface area contributed by atoms with E-state index in [-0.39, 0.29) is 5.56 Å². The molecule has 24 heavy (non-hydrogen) atoms. The van der Waals surface area contributed by atoms with Crippen molar-refractivity contribution in [2.45, 2.75) is 34.2 Å². The first kappa shape index (κ1) is 16.4. The second-order valence-corrected chi connectivity index (χ2v) is 7.10. The highest BCUT2D eigenvalue weighted by molar-refractivity contribution is 7.12. The molecule has 0 spiro atoms. The first-order valence-corrected chi connectivity index (χ1v) is 8.70. The summed E-state index contributed by atoms with van der Waals surface area (Å²) in [7, 11) is 0. The highest BCUT2D eigenvalue weighted by atomic mass is 32.1. The number of hydrazone groups is 1. The van der Waals surface area contributed by atoms with Crippen LogP contribution in [-0.4, -0.2) is 15.3 Å². The summed E-state index contributed by atoms with van der Waals surface area (Å²) >= 11 is 1.75. The zero-order valence-corrected chi connectivity index (χ0v) is 15.1. The lowest BCUT2D eigenvalue weighted by Crippen LogP contribution is -2.23. The minimum absolute atomic E-state index is 0.0546. The predicted molar refractivity (Wildman–Crippen MR) is 101 cm³/mol. The van der Waals surface area contributed by atoms with Crippen molar-refractivity contribution < 1.29 is 0 Å². The van der Waals surface area contributed by atoms with Crippen molar-refractivity contribution in [3.8, 4) is 0 Å². The van der Waals surface area contributed by atoms with E-state index >= 15 is 0 Å². The first-order valence-electron chi connectivity index (χ1n) is 7.88. The van der Waals surface area contributed by atoms with Crippen LogP contribution in [0.4, 0.5) is 5.95 Å². The van der Waals surface area contributed by atoms with Crippen molar-refractivity contribution in [2.24, 2.45) is 5.10 Å². The van der Waals surface area contributed by atoms with Gasteiger partial charge in [-0.3, -0.25) is 9.36 Å². The van der Waals surface area contributed by atoms with Crippen molar-refractivity contribution in [1.82, 2.24) is 9.55 Å². The molecule has 1 N–H and O–H groups in total. The van der Waals surface area contributed by atoms with E-state index in [1.54, 1.807) is 22.0 Å². The lowest BCUT2D eigenvalue weighted by Gasteiger charge is -2.11. The Morgan fingerprint density at radius 1 is 1.33 bits per heavy atom. The molecule has 2 heterocycles. The van der Waals surface area contributed by atoms with Gasteiger partial charge in [-0.25, -0.2) is 10.4 Å². The molecule has 0 saturated carbocycles. The Bertz CT molecular complexity index is 984. The lowest BCUT2D eigenvalue weighted by molar-refractivity contribution is 0.724. The molecule has 2 aromatic heterocycles. The summed E-state index contributed by atoms with van der Waals surface area (Å²) < 4.78 is 1.60. The number of para-hydroxylation sites is 1. The molecular weight excluding hydrogens is 320 g/mol. The molecule has 0 aliphatic carbocycles. The number of nitrogens with zero attached hydrogens (tertiary/aromatic N) is 3. The molecule has 0 radical (unpaired) electrons. The molecule has 5 nitrogen and oxygen atoms in total. The van der Waals surface area contributed by atoms with Crippen LogP contribution in [0.5, 0.6) is 0 Å². The van der Waals surface area contributed by atoms with Crippen LogP contribution in [0.1, 0.15) is 29.2 Å².